The topological polar surface area (TPSA) is 0 Å². The van der Waals surface area contributed by atoms with Gasteiger partial charge in [-0.15, -0.1) is 0 Å². The third-order valence-corrected chi connectivity index (χ3v) is 4.67. The minimum absolute atomic E-state index is 0.893. The lowest BCUT2D eigenvalue weighted by Gasteiger charge is -2.14. The van der Waals surface area contributed by atoms with Crippen molar-refractivity contribution in [3.8, 4) is 0 Å². The van der Waals surface area contributed by atoms with Crippen LogP contribution in [0.15, 0.2) is 11.6 Å². The molecule has 1 unspecified atom stereocenters. The van der Waals surface area contributed by atoms with E-state index >= 15 is 0 Å². The van der Waals surface area contributed by atoms with Crippen molar-refractivity contribution in [2.75, 3.05) is 0 Å². The first kappa shape index (κ1) is 8.08. The van der Waals surface area contributed by atoms with Crippen molar-refractivity contribution >= 4 is 0 Å². The molecule has 72 valence electrons. The van der Waals surface area contributed by atoms with Crippen LogP contribution in [0.2, 0.25) is 0 Å². The molecule has 2 fully saturated rings. The molecule has 1 spiro atoms. The summed E-state index contributed by atoms with van der Waals surface area (Å²) < 4.78 is 0. The van der Waals surface area contributed by atoms with Gasteiger partial charge in [0.2, 0.25) is 0 Å². The molecule has 1 atom stereocenters. The number of rotatable bonds is 3. The molecule has 0 bridgehead atoms. The molecule has 0 N–H and O–H groups in total. The third-order valence-electron chi connectivity index (χ3n) is 4.67. The summed E-state index contributed by atoms with van der Waals surface area (Å²) in [5.74, 6) is 1.14. The zero-order valence-electron chi connectivity index (χ0n) is 8.52. The van der Waals surface area contributed by atoms with Crippen LogP contribution in [0.1, 0.15) is 57.8 Å². The molecule has 0 aromatic carbocycles. The Labute approximate surface area is 81.4 Å². The smallest absolute Gasteiger partial charge is 0.0266 e. The molecule has 0 heteroatoms. The predicted octanol–water partition coefficient (Wildman–Crippen LogP) is 4.07. The fourth-order valence-corrected chi connectivity index (χ4v) is 3.47. The molecule has 3 aliphatic carbocycles. The SMILES string of the molecule is C1=C(CCC2CC23CCCC3)CC1. The molecule has 0 aliphatic heterocycles. The van der Waals surface area contributed by atoms with Gasteiger partial charge in [-0.1, -0.05) is 24.5 Å². The fraction of sp³-hybridized carbons (Fsp3) is 0.846. The Kier molecular flexibility index (Phi) is 1.78. The molecule has 0 amide bonds. The molecule has 0 aromatic heterocycles. The molecule has 3 aliphatic rings. The molecular formula is C13H20. The van der Waals surface area contributed by atoms with Crippen LogP contribution in [-0.2, 0) is 0 Å². The van der Waals surface area contributed by atoms with E-state index in [1.165, 1.54) is 38.5 Å². The summed E-state index contributed by atoms with van der Waals surface area (Å²) in [7, 11) is 0. The van der Waals surface area contributed by atoms with E-state index in [9.17, 15) is 0 Å². The quantitative estimate of drug-likeness (QED) is 0.569. The number of hydrogen-bond acceptors (Lipinski definition) is 0. The summed E-state index contributed by atoms with van der Waals surface area (Å²) in [4.78, 5) is 0. The first-order chi connectivity index (χ1) is 6.39. The number of hydrogen-bond donors (Lipinski definition) is 0. The zero-order chi connectivity index (χ0) is 8.73. The molecule has 13 heavy (non-hydrogen) atoms. The molecule has 3 rings (SSSR count). The second-order valence-corrected chi connectivity index (χ2v) is 5.41. The van der Waals surface area contributed by atoms with Crippen LogP contribution in [0, 0.1) is 11.3 Å². The van der Waals surface area contributed by atoms with E-state index in [1.807, 2.05) is 0 Å². The summed E-state index contributed by atoms with van der Waals surface area (Å²) in [6.07, 6.45) is 16.0. The standard InChI is InChI=1S/C13H20/c1-2-9-13(8-1)10-12(13)7-6-11-4-3-5-11/h4,12H,1-3,5-10H2. The Morgan fingerprint density at radius 1 is 1.31 bits per heavy atom. The fourth-order valence-electron chi connectivity index (χ4n) is 3.47. The summed E-state index contributed by atoms with van der Waals surface area (Å²) in [6.45, 7) is 0. The summed E-state index contributed by atoms with van der Waals surface area (Å²) in [5.41, 5.74) is 2.66. The van der Waals surface area contributed by atoms with Gasteiger partial charge < -0.3 is 0 Å². The Hall–Kier alpha value is -0.260. The van der Waals surface area contributed by atoms with E-state index in [1.54, 1.807) is 24.8 Å². The summed E-state index contributed by atoms with van der Waals surface area (Å²) in [6, 6.07) is 0. The van der Waals surface area contributed by atoms with E-state index in [0.29, 0.717) is 0 Å². The van der Waals surface area contributed by atoms with Gasteiger partial charge in [0, 0.05) is 0 Å². The highest BCUT2D eigenvalue weighted by atomic mass is 14.6. The first-order valence-corrected chi connectivity index (χ1v) is 6.07. The van der Waals surface area contributed by atoms with Crippen molar-refractivity contribution in [1.82, 2.24) is 0 Å². The minimum Gasteiger partial charge on any atom is -0.0850 e. The Balaban J connectivity index is 1.48. The van der Waals surface area contributed by atoms with Gasteiger partial charge in [0.25, 0.3) is 0 Å². The van der Waals surface area contributed by atoms with Gasteiger partial charge in [-0.3, -0.25) is 0 Å². The molecule has 0 heterocycles. The molecule has 0 saturated heterocycles. The summed E-state index contributed by atoms with van der Waals surface area (Å²) in [5, 5.41) is 0. The van der Waals surface area contributed by atoms with Crippen LogP contribution >= 0.6 is 0 Å². The van der Waals surface area contributed by atoms with Gasteiger partial charge in [0.15, 0.2) is 0 Å². The zero-order valence-corrected chi connectivity index (χ0v) is 8.52. The minimum atomic E-state index is 0.893. The van der Waals surface area contributed by atoms with Crippen LogP contribution in [0.4, 0.5) is 0 Å². The van der Waals surface area contributed by atoms with Gasteiger partial charge in [-0.05, 0) is 56.3 Å². The van der Waals surface area contributed by atoms with Crippen molar-refractivity contribution in [1.29, 1.82) is 0 Å². The number of allylic oxidation sites excluding steroid dienone is 2. The van der Waals surface area contributed by atoms with Crippen LogP contribution in [0.25, 0.3) is 0 Å². The highest BCUT2D eigenvalue weighted by Crippen LogP contribution is 2.64. The van der Waals surface area contributed by atoms with Crippen molar-refractivity contribution in [2.24, 2.45) is 11.3 Å². The second-order valence-electron chi connectivity index (χ2n) is 5.41. The van der Waals surface area contributed by atoms with Crippen molar-refractivity contribution < 1.29 is 0 Å². The van der Waals surface area contributed by atoms with Crippen molar-refractivity contribution in [3.63, 3.8) is 0 Å². The second kappa shape index (κ2) is 2.87. The van der Waals surface area contributed by atoms with Gasteiger partial charge >= 0.3 is 0 Å². The average molecular weight is 176 g/mol. The molecule has 2 saturated carbocycles. The van der Waals surface area contributed by atoms with E-state index in [0.717, 1.165) is 11.3 Å². The third kappa shape index (κ3) is 1.35. The first-order valence-electron chi connectivity index (χ1n) is 6.07. The van der Waals surface area contributed by atoms with Crippen LogP contribution in [0.5, 0.6) is 0 Å². The lowest BCUT2D eigenvalue weighted by atomic mass is 9.91. The van der Waals surface area contributed by atoms with Gasteiger partial charge in [-0.25, -0.2) is 0 Å². The Morgan fingerprint density at radius 3 is 2.69 bits per heavy atom. The highest BCUT2D eigenvalue weighted by molar-refractivity contribution is 5.14. The lowest BCUT2D eigenvalue weighted by molar-refractivity contribution is 0.452. The molecule has 0 nitrogen and oxygen atoms in total. The van der Waals surface area contributed by atoms with E-state index in [2.05, 4.69) is 6.08 Å². The van der Waals surface area contributed by atoms with Crippen LogP contribution < -0.4 is 0 Å². The maximum Gasteiger partial charge on any atom is -0.0266 e. The van der Waals surface area contributed by atoms with Crippen LogP contribution in [-0.4, -0.2) is 0 Å². The van der Waals surface area contributed by atoms with Crippen LogP contribution in [0.3, 0.4) is 0 Å². The predicted molar refractivity (Wildman–Crippen MR) is 55.6 cm³/mol. The monoisotopic (exact) mass is 176 g/mol. The van der Waals surface area contributed by atoms with Gasteiger partial charge in [-0.2, -0.15) is 0 Å². The normalized spacial score (nSPS) is 34.5. The molecular weight excluding hydrogens is 156 g/mol. The van der Waals surface area contributed by atoms with E-state index in [-0.39, 0.29) is 0 Å². The molecule has 0 aromatic rings. The van der Waals surface area contributed by atoms with E-state index in [4.69, 9.17) is 0 Å². The average Bonchev–Trinajstić information content (AvgIpc) is 2.51. The highest BCUT2D eigenvalue weighted by Gasteiger charge is 2.53. The molecule has 0 radical (unpaired) electrons. The van der Waals surface area contributed by atoms with Gasteiger partial charge in [0.1, 0.15) is 0 Å². The maximum atomic E-state index is 2.45. The van der Waals surface area contributed by atoms with Gasteiger partial charge in [0.05, 0.1) is 0 Å². The lowest BCUT2D eigenvalue weighted by Crippen LogP contribution is -1.99. The Bertz CT molecular complexity index is 230. The summed E-state index contributed by atoms with van der Waals surface area (Å²) >= 11 is 0. The van der Waals surface area contributed by atoms with Crippen molar-refractivity contribution in [2.45, 2.75) is 57.8 Å². The Morgan fingerprint density at radius 2 is 2.08 bits per heavy atom. The largest absolute Gasteiger partial charge is 0.0850 e. The van der Waals surface area contributed by atoms with Crippen molar-refractivity contribution in [3.05, 3.63) is 11.6 Å². The van der Waals surface area contributed by atoms with E-state index < -0.39 is 0 Å². The maximum absolute atomic E-state index is 2.45.